The van der Waals surface area contributed by atoms with Crippen LogP contribution in [0.2, 0.25) is 0 Å². The molecule has 9 rings (SSSR count). The maximum atomic E-state index is 13.8. The summed E-state index contributed by atoms with van der Waals surface area (Å²) >= 11 is 0. The first kappa shape index (κ1) is 42.8. The minimum Gasteiger partial charge on any atom is -0.294 e. The van der Waals surface area contributed by atoms with Gasteiger partial charge in [-0.05, 0) is 201 Å². The molecule has 0 spiro atoms. The standard InChI is InChI=1S/C50H80F6N2/c51-49(52,53)45-29-23-38(32-46(45)50(54,55)56)35-17-15-33(16-18-35)34-19-27-42(28-20-34)58-47-14-8-7-13-43(47)44-31-37(24-30-48(44)58)36-21-25-41(26-22-36)57(39-9-3-1-4-10-39)40-11-5-2-6-12-40/h33-48H,1-32H2. The van der Waals surface area contributed by atoms with E-state index in [1.807, 2.05) is 0 Å². The summed E-state index contributed by atoms with van der Waals surface area (Å²) in [5.74, 6) is 0.626. The summed E-state index contributed by atoms with van der Waals surface area (Å²) in [5.41, 5.74) is 0. The van der Waals surface area contributed by atoms with E-state index >= 15 is 0 Å². The van der Waals surface area contributed by atoms with Gasteiger partial charge in [0.05, 0.1) is 11.8 Å². The zero-order valence-electron chi connectivity index (χ0n) is 36.0. The molecule has 1 saturated heterocycles. The number of likely N-dealkylation sites (tertiary alicyclic amines) is 1. The van der Waals surface area contributed by atoms with Gasteiger partial charge < -0.3 is 0 Å². The van der Waals surface area contributed by atoms with Gasteiger partial charge in [0, 0.05) is 36.3 Å². The van der Waals surface area contributed by atoms with Crippen molar-refractivity contribution in [1.82, 2.24) is 9.80 Å². The van der Waals surface area contributed by atoms with Crippen molar-refractivity contribution in [2.45, 2.75) is 254 Å². The van der Waals surface area contributed by atoms with Crippen LogP contribution in [0.4, 0.5) is 26.3 Å². The van der Waals surface area contributed by atoms with Crippen LogP contribution in [0.5, 0.6) is 0 Å². The van der Waals surface area contributed by atoms with Crippen molar-refractivity contribution >= 4 is 0 Å². The first-order chi connectivity index (χ1) is 28.0. The highest BCUT2D eigenvalue weighted by Crippen LogP contribution is 2.57. The minimum absolute atomic E-state index is 0.166. The summed E-state index contributed by atoms with van der Waals surface area (Å²) in [4.78, 5) is 6.33. The van der Waals surface area contributed by atoms with E-state index in [2.05, 4.69) is 9.80 Å². The molecule has 1 aliphatic heterocycles. The van der Waals surface area contributed by atoms with Crippen LogP contribution in [-0.4, -0.2) is 58.4 Å². The number of hydrogen-bond acceptors (Lipinski definition) is 2. The van der Waals surface area contributed by atoms with Gasteiger partial charge in [-0.3, -0.25) is 9.80 Å². The van der Waals surface area contributed by atoms with Gasteiger partial charge in [0.15, 0.2) is 0 Å². The fourth-order valence-electron chi connectivity index (χ4n) is 17.1. The molecule has 58 heavy (non-hydrogen) atoms. The van der Waals surface area contributed by atoms with E-state index in [1.54, 1.807) is 0 Å². The highest BCUT2D eigenvalue weighted by Gasteiger charge is 2.58. The van der Waals surface area contributed by atoms with Gasteiger partial charge in [-0.25, -0.2) is 0 Å². The molecular weight excluding hydrogens is 743 g/mol. The summed E-state index contributed by atoms with van der Waals surface area (Å²) in [7, 11) is 0. The lowest BCUT2D eigenvalue weighted by atomic mass is 9.63. The predicted octanol–water partition coefficient (Wildman–Crippen LogP) is 14.7. The zero-order chi connectivity index (χ0) is 40.0. The van der Waals surface area contributed by atoms with Crippen molar-refractivity contribution in [3.63, 3.8) is 0 Å². The lowest BCUT2D eigenvalue weighted by Gasteiger charge is -2.50. The second-order valence-corrected chi connectivity index (χ2v) is 22.5. The third-order valence-electron chi connectivity index (χ3n) is 19.9. The van der Waals surface area contributed by atoms with Crippen molar-refractivity contribution in [1.29, 1.82) is 0 Å². The van der Waals surface area contributed by atoms with E-state index in [0.717, 1.165) is 91.5 Å². The van der Waals surface area contributed by atoms with E-state index in [4.69, 9.17) is 0 Å². The Hall–Kier alpha value is -0.500. The molecule has 0 radical (unpaired) electrons. The molecule has 1 heterocycles. The smallest absolute Gasteiger partial charge is 0.294 e. The average Bonchev–Trinajstić information content (AvgIpc) is 3.58. The van der Waals surface area contributed by atoms with Gasteiger partial charge in [-0.2, -0.15) is 26.3 Å². The van der Waals surface area contributed by atoms with Crippen LogP contribution in [0.1, 0.15) is 205 Å². The quantitative estimate of drug-likeness (QED) is 0.236. The predicted molar refractivity (Wildman–Crippen MR) is 221 cm³/mol. The van der Waals surface area contributed by atoms with Gasteiger partial charge >= 0.3 is 12.4 Å². The average molecular weight is 823 g/mol. The molecule has 8 aliphatic carbocycles. The van der Waals surface area contributed by atoms with E-state index in [9.17, 15) is 26.3 Å². The molecule has 0 N–H and O–H groups in total. The third-order valence-corrected chi connectivity index (χ3v) is 19.9. The van der Waals surface area contributed by atoms with Crippen LogP contribution in [0, 0.1) is 59.2 Å². The van der Waals surface area contributed by atoms with Crippen LogP contribution < -0.4 is 0 Å². The molecule has 0 aromatic carbocycles. The Labute approximate surface area is 348 Å². The Kier molecular flexibility index (Phi) is 13.5. The lowest BCUT2D eigenvalue weighted by molar-refractivity contribution is -0.267. The SMILES string of the molecule is FC(F)(F)C1CCC(C2CCC(C3CCC(N4C5CCCCC5C5CC(C6CCC(N(C7CCCCC7)C7CCCCC7)CC6)CCC54)CC3)CC2)CC1C(F)(F)F. The van der Waals surface area contributed by atoms with Gasteiger partial charge in [-0.1, -0.05) is 51.4 Å². The Balaban J connectivity index is 0.765. The Morgan fingerprint density at radius 1 is 0.328 bits per heavy atom. The lowest BCUT2D eigenvalue weighted by Crippen LogP contribution is -2.52. The highest BCUT2D eigenvalue weighted by atomic mass is 19.4. The molecule has 8 unspecified atom stereocenters. The maximum Gasteiger partial charge on any atom is 0.392 e. The Morgan fingerprint density at radius 3 is 1.31 bits per heavy atom. The number of rotatable bonds is 7. The Morgan fingerprint density at radius 2 is 0.741 bits per heavy atom. The van der Waals surface area contributed by atoms with Crippen molar-refractivity contribution in [2.24, 2.45) is 59.2 Å². The first-order valence-electron chi connectivity index (χ1n) is 25.7. The van der Waals surface area contributed by atoms with Crippen LogP contribution >= 0.6 is 0 Å². The van der Waals surface area contributed by atoms with Crippen molar-refractivity contribution < 1.29 is 26.3 Å². The fraction of sp³-hybridized carbons (Fsp3) is 1.00. The molecule has 0 amide bonds. The minimum atomic E-state index is -4.77. The molecule has 0 aromatic heterocycles. The molecule has 8 heteroatoms. The molecule has 2 nitrogen and oxygen atoms in total. The summed E-state index contributed by atoms with van der Waals surface area (Å²) in [5, 5.41) is 0. The molecule has 9 fully saturated rings. The monoisotopic (exact) mass is 823 g/mol. The first-order valence-corrected chi connectivity index (χ1v) is 25.7. The Bertz CT molecular complexity index is 1260. The molecule has 332 valence electrons. The summed E-state index contributed by atoms with van der Waals surface area (Å²) in [6.07, 6.45) is 29.9. The third kappa shape index (κ3) is 9.11. The fourth-order valence-corrected chi connectivity index (χ4v) is 17.1. The number of fused-ring (bicyclic) bond motifs is 3. The second kappa shape index (κ2) is 18.3. The zero-order valence-corrected chi connectivity index (χ0v) is 36.0. The van der Waals surface area contributed by atoms with Gasteiger partial charge in [0.2, 0.25) is 0 Å². The number of alkyl halides is 6. The van der Waals surface area contributed by atoms with E-state index in [1.165, 1.54) is 161 Å². The number of nitrogens with zero attached hydrogens (tertiary/aromatic N) is 2. The van der Waals surface area contributed by atoms with Crippen molar-refractivity contribution in [3.05, 3.63) is 0 Å². The molecule has 8 saturated carbocycles. The van der Waals surface area contributed by atoms with E-state index < -0.39 is 24.2 Å². The van der Waals surface area contributed by atoms with Crippen molar-refractivity contribution in [3.8, 4) is 0 Å². The van der Waals surface area contributed by atoms with Crippen LogP contribution in [0.25, 0.3) is 0 Å². The van der Waals surface area contributed by atoms with Crippen molar-refractivity contribution in [2.75, 3.05) is 0 Å². The van der Waals surface area contributed by atoms with E-state index in [0.29, 0.717) is 12.3 Å². The summed E-state index contributed by atoms with van der Waals surface area (Å²) in [6.45, 7) is 0. The molecule has 0 aromatic rings. The summed E-state index contributed by atoms with van der Waals surface area (Å²) < 4.78 is 82.1. The van der Waals surface area contributed by atoms with Gasteiger partial charge in [-0.15, -0.1) is 0 Å². The highest BCUT2D eigenvalue weighted by molar-refractivity contribution is 5.07. The van der Waals surface area contributed by atoms with E-state index in [-0.39, 0.29) is 24.7 Å². The molecular formula is C50H80F6N2. The second-order valence-electron chi connectivity index (χ2n) is 22.5. The van der Waals surface area contributed by atoms with Gasteiger partial charge in [0.25, 0.3) is 0 Å². The number of halogens is 6. The molecule has 8 atom stereocenters. The van der Waals surface area contributed by atoms with Crippen LogP contribution in [0.3, 0.4) is 0 Å². The topological polar surface area (TPSA) is 6.48 Å². The number of hydrogen-bond donors (Lipinski definition) is 0. The van der Waals surface area contributed by atoms with Crippen LogP contribution in [0.15, 0.2) is 0 Å². The normalized spacial score (nSPS) is 44.5. The molecule has 0 bridgehead atoms. The maximum absolute atomic E-state index is 13.8. The largest absolute Gasteiger partial charge is 0.392 e. The summed E-state index contributed by atoms with van der Waals surface area (Å²) in [6, 6.07) is 4.94. The van der Waals surface area contributed by atoms with Crippen LogP contribution in [-0.2, 0) is 0 Å². The molecule has 9 aliphatic rings. The van der Waals surface area contributed by atoms with Gasteiger partial charge in [0.1, 0.15) is 0 Å².